The minimum Gasteiger partial charge on any atom is -0.449 e. The van der Waals surface area contributed by atoms with Crippen LogP contribution in [0.25, 0.3) is 11.0 Å². The van der Waals surface area contributed by atoms with E-state index in [0.717, 1.165) is 5.56 Å². The van der Waals surface area contributed by atoms with Gasteiger partial charge in [0.1, 0.15) is 0 Å². The molecule has 3 N–H and O–H groups in total. The summed E-state index contributed by atoms with van der Waals surface area (Å²) in [5.74, 6) is -1.06. The molecule has 0 spiro atoms. The molecule has 0 saturated carbocycles. The minimum atomic E-state index is -0.993. The number of H-pyrrole nitrogens is 2. The molecule has 8 nitrogen and oxygen atoms in total. The Hall–Kier alpha value is -3.39. The lowest BCUT2D eigenvalue weighted by atomic mass is 10.1. The highest BCUT2D eigenvalue weighted by molar-refractivity contribution is 5.98. The summed E-state index contributed by atoms with van der Waals surface area (Å²) in [5.41, 5.74) is 2.65. The number of aromatic nitrogens is 2. The maximum atomic E-state index is 12.3. The molecule has 0 unspecified atom stereocenters. The number of hydrogen-bond acceptors (Lipinski definition) is 5. The first kappa shape index (κ1) is 20.3. The number of anilines is 1. The summed E-state index contributed by atoms with van der Waals surface area (Å²) in [6.45, 7) is 5.86. The van der Waals surface area contributed by atoms with Gasteiger partial charge in [-0.2, -0.15) is 0 Å². The average molecular weight is 397 g/mol. The molecule has 0 aliphatic rings. The highest BCUT2D eigenvalue weighted by atomic mass is 16.5. The summed E-state index contributed by atoms with van der Waals surface area (Å²) in [5, 5.41) is 2.67. The van der Waals surface area contributed by atoms with Crippen molar-refractivity contribution in [1.82, 2.24) is 9.97 Å². The summed E-state index contributed by atoms with van der Waals surface area (Å²) >= 11 is 0. The number of fused-ring (bicyclic) bond motifs is 1. The zero-order valence-electron chi connectivity index (χ0n) is 16.4. The van der Waals surface area contributed by atoms with Crippen molar-refractivity contribution in [3.05, 3.63) is 64.1 Å². The number of esters is 1. The quantitative estimate of drug-likeness (QED) is 0.531. The van der Waals surface area contributed by atoms with E-state index in [1.54, 1.807) is 42.5 Å². The Morgan fingerprint density at radius 3 is 2.38 bits per heavy atom. The van der Waals surface area contributed by atoms with Crippen molar-refractivity contribution in [1.29, 1.82) is 0 Å². The molecule has 2 aromatic carbocycles. The first-order chi connectivity index (χ1) is 13.8. The van der Waals surface area contributed by atoms with Crippen molar-refractivity contribution in [2.24, 2.45) is 0 Å². The maximum absolute atomic E-state index is 12.3. The number of ether oxygens (including phenoxy) is 2. The van der Waals surface area contributed by atoms with Crippen molar-refractivity contribution in [3.8, 4) is 0 Å². The highest BCUT2D eigenvalue weighted by Crippen LogP contribution is 2.15. The van der Waals surface area contributed by atoms with Crippen LogP contribution in [0.1, 0.15) is 36.7 Å². The van der Waals surface area contributed by atoms with Crippen LogP contribution in [-0.4, -0.2) is 34.1 Å². The number of aromatic amines is 2. The molecular formula is C21H23N3O5. The number of rotatable bonds is 7. The van der Waals surface area contributed by atoms with Crippen LogP contribution in [0.5, 0.6) is 0 Å². The SMILES string of the molecule is CC(C)OCc1ccc(C(=O)O[C@@H](C)C(=O)Nc2ccc3[nH]c(=O)[nH]c3c2)cc1. The van der Waals surface area contributed by atoms with Crippen molar-refractivity contribution >= 4 is 28.6 Å². The zero-order valence-corrected chi connectivity index (χ0v) is 16.4. The van der Waals surface area contributed by atoms with Crippen LogP contribution < -0.4 is 11.0 Å². The molecular weight excluding hydrogens is 374 g/mol. The first-order valence-corrected chi connectivity index (χ1v) is 9.26. The third-order valence-electron chi connectivity index (χ3n) is 4.21. The third kappa shape index (κ3) is 5.32. The largest absolute Gasteiger partial charge is 0.449 e. The second-order valence-electron chi connectivity index (χ2n) is 6.93. The smallest absolute Gasteiger partial charge is 0.338 e. The number of amides is 1. The number of hydrogen-bond donors (Lipinski definition) is 3. The van der Waals surface area contributed by atoms with E-state index in [2.05, 4.69) is 15.3 Å². The Kier molecular flexibility index (Phi) is 6.13. The van der Waals surface area contributed by atoms with E-state index in [-0.39, 0.29) is 11.8 Å². The van der Waals surface area contributed by atoms with Crippen LogP contribution in [0.2, 0.25) is 0 Å². The molecule has 29 heavy (non-hydrogen) atoms. The van der Waals surface area contributed by atoms with Crippen LogP contribution in [-0.2, 0) is 20.9 Å². The maximum Gasteiger partial charge on any atom is 0.338 e. The summed E-state index contributed by atoms with van der Waals surface area (Å²) in [6.07, 6.45) is -0.871. The first-order valence-electron chi connectivity index (χ1n) is 9.26. The number of nitrogens with one attached hydrogen (secondary N) is 3. The molecule has 0 fully saturated rings. The second kappa shape index (κ2) is 8.74. The fourth-order valence-electron chi connectivity index (χ4n) is 2.64. The van der Waals surface area contributed by atoms with Crippen LogP contribution >= 0.6 is 0 Å². The van der Waals surface area contributed by atoms with E-state index in [1.807, 2.05) is 13.8 Å². The van der Waals surface area contributed by atoms with Gasteiger partial charge in [0.2, 0.25) is 0 Å². The van der Waals surface area contributed by atoms with Crippen molar-refractivity contribution in [2.75, 3.05) is 5.32 Å². The van der Waals surface area contributed by atoms with Gasteiger partial charge in [-0.15, -0.1) is 0 Å². The third-order valence-corrected chi connectivity index (χ3v) is 4.21. The monoisotopic (exact) mass is 397 g/mol. The predicted octanol–water partition coefficient (Wildman–Crippen LogP) is 2.97. The van der Waals surface area contributed by atoms with Gasteiger partial charge in [0.05, 0.1) is 29.3 Å². The summed E-state index contributed by atoms with van der Waals surface area (Å²) in [4.78, 5) is 41.2. The zero-order chi connectivity index (χ0) is 21.0. The molecule has 8 heteroatoms. The topological polar surface area (TPSA) is 113 Å². The normalized spacial score (nSPS) is 12.1. The van der Waals surface area contributed by atoms with Gasteiger partial charge in [0.15, 0.2) is 6.10 Å². The van der Waals surface area contributed by atoms with Crippen LogP contribution in [0.4, 0.5) is 5.69 Å². The van der Waals surface area contributed by atoms with Gasteiger partial charge in [-0.3, -0.25) is 4.79 Å². The lowest BCUT2D eigenvalue weighted by molar-refractivity contribution is -0.123. The molecule has 0 aliphatic carbocycles. The Morgan fingerprint density at radius 1 is 1.00 bits per heavy atom. The molecule has 3 aromatic rings. The molecule has 0 aliphatic heterocycles. The standard InChI is InChI=1S/C21H23N3O5/c1-12(2)28-11-14-4-6-15(7-5-14)20(26)29-13(3)19(25)22-16-8-9-17-18(10-16)24-21(27)23-17/h4-10,12-13H,11H2,1-3H3,(H,22,25)(H2,23,24,27)/t13-/m0/s1. The summed E-state index contributed by atoms with van der Waals surface area (Å²) in [7, 11) is 0. The van der Waals surface area contributed by atoms with Crippen LogP contribution in [0.15, 0.2) is 47.3 Å². The Labute approximate surface area is 167 Å². The van der Waals surface area contributed by atoms with E-state index in [0.29, 0.717) is 28.9 Å². The van der Waals surface area contributed by atoms with Gasteiger partial charge >= 0.3 is 11.7 Å². The highest BCUT2D eigenvalue weighted by Gasteiger charge is 2.19. The van der Waals surface area contributed by atoms with Crippen molar-refractivity contribution in [3.63, 3.8) is 0 Å². The Bertz CT molecular complexity index is 1070. The Morgan fingerprint density at radius 2 is 1.69 bits per heavy atom. The van der Waals surface area contributed by atoms with Crippen molar-refractivity contribution in [2.45, 2.75) is 39.6 Å². The molecule has 1 aromatic heterocycles. The van der Waals surface area contributed by atoms with Gasteiger partial charge in [0, 0.05) is 5.69 Å². The minimum absolute atomic E-state index is 0.122. The van der Waals surface area contributed by atoms with Crippen LogP contribution in [0.3, 0.4) is 0 Å². The number of carbonyl (C=O) groups excluding carboxylic acids is 2. The molecule has 0 saturated heterocycles. The molecule has 152 valence electrons. The number of benzene rings is 2. The fourth-order valence-corrected chi connectivity index (χ4v) is 2.64. The van der Waals surface area contributed by atoms with E-state index in [1.165, 1.54) is 6.92 Å². The van der Waals surface area contributed by atoms with Crippen molar-refractivity contribution < 1.29 is 19.1 Å². The van der Waals surface area contributed by atoms with Crippen LogP contribution in [0, 0.1) is 0 Å². The molecule has 0 bridgehead atoms. The molecule has 1 atom stereocenters. The van der Waals surface area contributed by atoms with Gasteiger partial charge in [0.25, 0.3) is 5.91 Å². The molecule has 1 heterocycles. The molecule has 0 radical (unpaired) electrons. The van der Waals surface area contributed by atoms with Gasteiger partial charge < -0.3 is 24.8 Å². The van der Waals surface area contributed by atoms with E-state index in [4.69, 9.17) is 9.47 Å². The lowest BCUT2D eigenvalue weighted by Gasteiger charge is -2.14. The van der Waals surface area contributed by atoms with Gasteiger partial charge in [-0.25, -0.2) is 9.59 Å². The molecule has 3 rings (SSSR count). The fraction of sp³-hybridized carbons (Fsp3) is 0.286. The molecule has 1 amide bonds. The van der Waals surface area contributed by atoms with Gasteiger partial charge in [-0.05, 0) is 56.7 Å². The summed E-state index contributed by atoms with van der Waals surface area (Å²) < 4.78 is 10.8. The van der Waals surface area contributed by atoms with E-state index >= 15 is 0 Å². The van der Waals surface area contributed by atoms with E-state index < -0.39 is 18.0 Å². The lowest BCUT2D eigenvalue weighted by Crippen LogP contribution is -2.30. The second-order valence-corrected chi connectivity index (χ2v) is 6.93. The average Bonchev–Trinajstić information content (AvgIpc) is 3.05. The Balaban J connectivity index is 1.57. The number of carbonyl (C=O) groups is 2. The van der Waals surface area contributed by atoms with E-state index in [9.17, 15) is 14.4 Å². The number of imidazole rings is 1. The van der Waals surface area contributed by atoms with Gasteiger partial charge in [-0.1, -0.05) is 12.1 Å². The predicted molar refractivity (Wildman–Crippen MR) is 109 cm³/mol. The summed E-state index contributed by atoms with van der Waals surface area (Å²) in [6, 6.07) is 11.8.